The van der Waals surface area contributed by atoms with Crippen molar-refractivity contribution < 1.29 is 23.9 Å². The molecule has 5 rings (SSSR count). The molecule has 0 aliphatic heterocycles. The highest BCUT2D eigenvalue weighted by molar-refractivity contribution is 6.39. The van der Waals surface area contributed by atoms with Gasteiger partial charge in [-0.25, -0.2) is 4.79 Å². The predicted octanol–water partition coefficient (Wildman–Crippen LogP) is 8.45. The summed E-state index contributed by atoms with van der Waals surface area (Å²) in [7, 11) is 1.60. The molecule has 2 aliphatic carbocycles. The van der Waals surface area contributed by atoms with Gasteiger partial charge in [0.25, 0.3) is 0 Å². The maximum absolute atomic E-state index is 11.2. The highest BCUT2D eigenvalue weighted by Gasteiger charge is 2.44. The van der Waals surface area contributed by atoms with Crippen LogP contribution in [-0.4, -0.2) is 23.3 Å². The Labute approximate surface area is 242 Å². The molecule has 3 unspecified atom stereocenters. The van der Waals surface area contributed by atoms with Crippen molar-refractivity contribution in [3.8, 4) is 17.0 Å². The minimum atomic E-state index is -0.887. The number of carboxylic acids is 1. The normalized spacial score (nSPS) is 20.6. The van der Waals surface area contributed by atoms with E-state index in [0.717, 1.165) is 18.4 Å². The molecule has 0 saturated heterocycles. The minimum Gasteiger partial charge on any atom is -0.489 e. The third kappa shape index (κ3) is 5.62. The summed E-state index contributed by atoms with van der Waals surface area (Å²) < 4.78 is 17.6. The molecule has 1 N–H and O–H groups in total. The van der Waals surface area contributed by atoms with Crippen molar-refractivity contribution in [2.75, 3.05) is 7.11 Å². The zero-order valence-electron chi connectivity index (χ0n) is 21.7. The fourth-order valence-corrected chi connectivity index (χ4v) is 6.03. The first kappa shape index (κ1) is 27.8. The number of benzene rings is 2. The molecule has 6 nitrogen and oxygen atoms in total. The minimum absolute atomic E-state index is 0.134. The van der Waals surface area contributed by atoms with Crippen molar-refractivity contribution in [3.05, 3.63) is 92.2 Å². The van der Waals surface area contributed by atoms with Crippen LogP contribution in [0.2, 0.25) is 15.1 Å². The first-order valence-electron chi connectivity index (χ1n) is 12.6. The molecular formula is C30H28Cl3NO5. The van der Waals surface area contributed by atoms with Gasteiger partial charge in [0.15, 0.2) is 5.76 Å². The number of aromatic nitrogens is 1. The molecule has 1 heterocycles. The summed E-state index contributed by atoms with van der Waals surface area (Å²) in [4.78, 5) is 11.2. The number of hydrogen-bond acceptors (Lipinski definition) is 5. The number of ether oxygens (including phenoxy) is 2. The van der Waals surface area contributed by atoms with Gasteiger partial charge in [-0.15, -0.1) is 0 Å². The van der Waals surface area contributed by atoms with E-state index < -0.39 is 11.6 Å². The quantitative estimate of drug-likeness (QED) is 0.270. The van der Waals surface area contributed by atoms with Gasteiger partial charge in [0.1, 0.15) is 23.7 Å². The van der Waals surface area contributed by atoms with Crippen LogP contribution in [0.5, 0.6) is 5.75 Å². The van der Waals surface area contributed by atoms with Gasteiger partial charge in [0.2, 0.25) is 0 Å². The van der Waals surface area contributed by atoms with Gasteiger partial charge in [-0.3, -0.25) is 0 Å². The summed E-state index contributed by atoms with van der Waals surface area (Å²) in [5, 5.41) is 15.0. The highest BCUT2D eigenvalue weighted by atomic mass is 35.5. The number of allylic oxidation sites excluding steroid dienone is 2. The monoisotopic (exact) mass is 587 g/mol. The summed E-state index contributed by atoms with van der Waals surface area (Å²) >= 11 is 19.7. The molecule has 3 aromatic rings. The van der Waals surface area contributed by atoms with Crippen LogP contribution in [0, 0.1) is 11.8 Å². The van der Waals surface area contributed by atoms with Crippen LogP contribution < -0.4 is 4.74 Å². The number of carboxylic acid groups (broad SMARTS) is 1. The molecule has 0 amide bonds. The van der Waals surface area contributed by atoms with E-state index in [1.54, 1.807) is 37.5 Å². The molecule has 39 heavy (non-hydrogen) atoms. The van der Waals surface area contributed by atoms with Crippen LogP contribution in [0.1, 0.15) is 49.5 Å². The number of methoxy groups -OCH3 is 1. The van der Waals surface area contributed by atoms with Crippen LogP contribution in [0.25, 0.3) is 11.3 Å². The Morgan fingerprint density at radius 1 is 1.15 bits per heavy atom. The predicted molar refractivity (Wildman–Crippen MR) is 152 cm³/mol. The molecule has 3 atom stereocenters. The van der Waals surface area contributed by atoms with E-state index in [1.807, 2.05) is 38.1 Å². The van der Waals surface area contributed by atoms with Crippen LogP contribution in [0.4, 0.5) is 0 Å². The summed E-state index contributed by atoms with van der Waals surface area (Å²) in [6.07, 6.45) is 7.27. The fraction of sp³-hybridized carbons (Fsp3) is 0.333. The first-order valence-corrected chi connectivity index (χ1v) is 13.8. The molecule has 1 saturated carbocycles. The summed E-state index contributed by atoms with van der Waals surface area (Å²) in [5.74, 6) is 1.32. The number of aliphatic carboxylic acids is 1. The SMILES string of the molecule is COC(C)(C)c1onc(-c2c(Cl)cccc2Cl)c1COc1ccc(C2CC2C2C=CC(C(=O)O)=CC2)c(Cl)c1. The number of hydrogen-bond donors (Lipinski definition) is 1. The highest BCUT2D eigenvalue weighted by Crippen LogP contribution is 2.55. The molecule has 9 heteroatoms. The maximum Gasteiger partial charge on any atom is 0.335 e. The molecule has 0 radical (unpaired) electrons. The van der Waals surface area contributed by atoms with Crippen molar-refractivity contribution >= 4 is 40.8 Å². The van der Waals surface area contributed by atoms with E-state index in [2.05, 4.69) is 5.16 Å². The van der Waals surface area contributed by atoms with Crippen molar-refractivity contribution in [2.24, 2.45) is 11.8 Å². The average Bonchev–Trinajstić information content (AvgIpc) is 3.58. The second-order valence-corrected chi connectivity index (χ2v) is 11.6. The fourth-order valence-electron chi connectivity index (χ4n) is 5.14. The third-order valence-electron chi connectivity index (χ3n) is 7.57. The zero-order valence-corrected chi connectivity index (χ0v) is 24.0. The zero-order chi connectivity index (χ0) is 27.9. The molecule has 1 aromatic heterocycles. The van der Waals surface area contributed by atoms with Gasteiger partial charge in [-0.2, -0.15) is 0 Å². The molecule has 0 bridgehead atoms. The Kier molecular flexibility index (Phi) is 7.84. The van der Waals surface area contributed by atoms with Crippen LogP contribution >= 0.6 is 34.8 Å². The van der Waals surface area contributed by atoms with Crippen molar-refractivity contribution in [1.82, 2.24) is 5.16 Å². The first-order chi connectivity index (χ1) is 18.6. The lowest BCUT2D eigenvalue weighted by Crippen LogP contribution is -2.21. The molecule has 0 spiro atoms. The van der Waals surface area contributed by atoms with Crippen molar-refractivity contribution in [1.29, 1.82) is 0 Å². The molecule has 2 aliphatic rings. The van der Waals surface area contributed by atoms with Gasteiger partial charge in [-0.1, -0.05) is 70.3 Å². The lowest BCUT2D eigenvalue weighted by Gasteiger charge is -2.21. The smallest absolute Gasteiger partial charge is 0.335 e. The standard InChI is InChI=1S/C30H28Cl3NO5/c1-30(2,37-3)28-22(27(34-39-28)26-23(31)5-4-6-24(26)32)15-38-18-11-12-19(25(33)13-18)21-14-20(21)16-7-9-17(10-8-16)29(35)36/h4-7,9-13,16,20-21H,8,14-15H2,1-3H3,(H,35,36). The second-order valence-electron chi connectivity index (χ2n) is 10.4. The molecule has 1 fully saturated rings. The second kappa shape index (κ2) is 11.0. The van der Waals surface area contributed by atoms with Crippen molar-refractivity contribution in [3.63, 3.8) is 0 Å². The van der Waals surface area contributed by atoms with E-state index in [4.69, 9.17) is 53.9 Å². The Hall–Kier alpha value is -2.77. The lowest BCUT2D eigenvalue weighted by atomic mass is 9.90. The Bertz CT molecular complexity index is 1450. The third-order valence-corrected chi connectivity index (χ3v) is 8.53. The summed E-state index contributed by atoms with van der Waals surface area (Å²) in [5.41, 5.74) is 2.40. The number of halogens is 3. The van der Waals surface area contributed by atoms with Crippen LogP contribution in [0.3, 0.4) is 0 Å². The average molecular weight is 589 g/mol. The molecule has 2 aromatic carbocycles. The van der Waals surface area contributed by atoms with E-state index in [0.29, 0.717) is 66.7 Å². The maximum atomic E-state index is 11.2. The molecular weight excluding hydrogens is 561 g/mol. The van der Waals surface area contributed by atoms with E-state index in [-0.39, 0.29) is 6.61 Å². The van der Waals surface area contributed by atoms with Crippen LogP contribution in [-0.2, 0) is 21.7 Å². The molecule has 204 valence electrons. The van der Waals surface area contributed by atoms with E-state index >= 15 is 0 Å². The number of carbonyl (C=O) groups is 1. The van der Waals surface area contributed by atoms with Crippen LogP contribution in [0.15, 0.2) is 64.7 Å². The lowest BCUT2D eigenvalue weighted by molar-refractivity contribution is -0.132. The van der Waals surface area contributed by atoms with E-state index in [9.17, 15) is 4.79 Å². The Morgan fingerprint density at radius 2 is 1.90 bits per heavy atom. The van der Waals surface area contributed by atoms with Gasteiger partial charge in [-0.05, 0) is 74.3 Å². The van der Waals surface area contributed by atoms with Gasteiger partial charge >= 0.3 is 5.97 Å². The summed E-state index contributed by atoms with van der Waals surface area (Å²) in [6.45, 7) is 3.90. The van der Waals surface area contributed by atoms with Gasteiger partial charge < -0.3 is 19.1 Å². The van der Waals surface area contributed by atoms with Crippen molar-refractivity contribution in [2.45, 2.75) is 44.8 Å². The Morgan fingerprint density at radius 3 is 2.51 bits per heavy atom. The number of nitrogens with zero attached hydrogens (tertiary/aromatic N) is 1. The largest absolute Gasteiger partial charge is 0.489 e. The number of rotatable bonds is 9. The summed E-state index contributed by atoms with van der Waals surface area (Å²) in [6, 6.07) is 11.0. The van der Waals surface area contributed by atoms with Gasteiger partial charge in [0.05, 0.1) is 21.2 Å². The Balaban J connectivity index is 1.34. The van der Waals surface area contributed by atoms with Gasteiger partial charge in [0, 0.05) is 17.7 Å². The topological polar surface area (TPSA) is 81.8 Å². The van der Waals surface area contributed by atoms with E-state index in [1.165, 1.54) is 0 Å².